The van der Waals surface area contributed by atoms with E-state index in [0.29, 0.717) is 11.1 Å². The monoisotopic (exact) mass is 225 g/mol. The first kappa shape index (κ1) is 11.4. The Balaban J connectivity index is 2.44. The van der Waals surface area contributed by atoms with Crippen LogP contribution >= 0.6 is 0 Å². The molecule has 1 N–H and O–H groups in total. The van der Waals surface area contributed by atoms with E-state index in [4.69, 9.17) is 0 Å². The summed E-state index contributed by atoms with van der Waals surface area (Å²) in [5.74, 6) is 0.0509. The molecule has 0 atom stereocenters. The highest BCUT2D eigenvalue weighted by Crippen LogP contribution is 2.20. The second-order valence-corrected chi connectivity index (χ2v) is 3.99. The van der Waals surface area contributed by atoms with E-state index in [0.717, 1.165) is 11.3 Å². The Bertz CT molecular complexity index is 532. The predicted octanol–water partition coefficient (Wildman–Crippen LogP) is 3.27. The maximum absolute atomic E-state index is 12.3. The summed E-state index contributed by atoms with van der Waals surface area (Å²) in [5, 5.41) is 3.07. The lowest BCUT2D eigenvalue weighted by Crippen LogP contribution is -2.05. The molecule has 0 unspecified atom stereocenters. The smallest absolute Gasteiger partial charge is 0.195 e. The number of carbonyl (C=O) groups excluding carboxylic acids is 1. The maximum Gasteiger partial charge on any atom is 0.195 e. The van der Waals surface area contributed by atoms with Crippen LogP contribution in [0.25, 0.3) is 0 Å². The summed E-state index contributed by atoms with van der Waals surface area (Å²) < 4.78 is 0. The van der Waals surface area contributed by atoms with E-state index >= 15 is 0 Å². The van der Waals surface area contributed by atoms with Crippen molar-refractivity contribution in [3.05, 3.63) is 65.2 Å². The third kappa shape index (κ3) is 2.36. The van der Waals surface area contributed by atoms with Gasteiger partial charge in [0, 0.05) is 23.9 Å². The number of aryl methyl sites for hydroxylation is 1. The fourth-order valence-electron chi connectivity index (χ4n) is 1.81. The summed E-state index contributed by atoms with van der Waals surface area (Å²) in [6, 6.07) is 15.1. The molecular formula is C15H15NO. The van der Waals surface area contributed by atoms with Crippen molar-refractivity contribution in [3.8, 4) is 0 Å². The largest absolute Gasteiger partial charge is 0.388 e. The minimum Gasteiger partial charge on any atom is -0.388 e. The van der Waals surface area contributed by atoms with Gasteiger partial charge in [0.05, 0.1) is 0 Å². The van der Waals surface area contributed by atoms with Crippen LogP contribution in [0.4, 0.5) is 5.69 Å². The molecule has 0 aliphatic heterocycles. The molecule has 2 aromatic rings. The molecule has 2 rings (SSSR count). The van der Waals surface area contributed by atoms with Gasteiger partial charge in [0.25, 0.3) is 0 Å². The second-order valence-electron chi connectivity index (χ2n) is 3.99. The van der Waals surface area contributed by atoms with Crippen LogP contribution in [-0.4, -0.2) is 12.8 Å². The third-order valence-corrected chi connectivity index (χ3v) is 2.73. The SMILES string of the molecule is CNc1cc(C)ccc1C(=O)c1ccccc1. The summed E-state index contributed by atoms with van der Waals surface area (Å²) in [7, 11) is 1.83. The first-order valence-electron chi connectivity index (χ1n) is 5.60. The molecule has 0 aliphatic rings. The Hall–Kier alpha value is -2.09. The average molecular weight is 225 g/mol. The van der Waals surface area contributed by atoms with Crippen molar-refractivity contribution < 1.29 is 4.79 Å². The number of nitrogens with one attached hydrogen (secondary N) is 1. The fourth-order valence-corrected chi connectivity index (χ4v) is 1.81. The van der Waals surface area contributed by atoms with Gasteiger partial charge in [-0.05, 0) is 24.6 Å². The Morgan fingerprint density at radius 2 is 1.76 bits per heavy atom. The van der Waals surface area contributed by atoms with Crippen LogP contribution < -0.4 is 5.32 Å². The van der Waals surface area contributed by atoms with E-state index < -0.39 is 0 Å². The molecule has 0 radical (unpaired) electrons. The van der Waals surface area contributed by atoms with Crippen molar-refractivity contribution in [2.24, 2.45) is 0 Å². The van der Waals surface area contributed by atoms with E-state index in [1.54, 1.807) is 0 Å². The second kappa shape index (κ2) is 4.83. The van der Waals surface area contributed by atoms with Gasteiger partial charge in [-0.25, -0.2) is 0 Å². The molecule has 2 nitrogen and oxygen atoms in total. The van der Waals surface area contributed by atoms with Gasteiger partial charge in [-0.1, -0.05) is 36.4 Å². The van der Waals surface area contributed by atoms with Crippen LogP contribution in [0, 0.1) is 6.92 Å². The molecule has 2 heteroatoms. The van der Waals surface area contributed by atoms with E-state index in [9.17, 15) is 4.79 Å². The highest BCUT2D eigenvalue weighted by atomic mass is 16.1. The van der Waals surface area contributed by atoms with Crippen LogP contribution in [0.2, 0.25) is 0 Å². The van der Waals surface area contributed by atoms with Gasteiger partial charge >= 0.3 is 0 Å². The molecular weight excluding hydrogens is 210 g/mol. The molecule has 0 fully saturated rings. The van der Waals surface area contributed by atoms with E-state index in [2.05, 4.69) is 5.32 Å². The predicted molar refractivity (Wildman–Crippen MR) is 70.6 cm³/mol. The van der Waals surface area contributed by atoms with Crippen molar-refractivity contribution >= 4 is 11.5 Å². The van der Waals surface area contributed by atoms with Gasteiger partial charge in [0.15, 0.2) is 5.78 Å². The number of hydrogen-bond acceptors (Lipinski definition) is 2. The summed E-state index contributed by atoms with van der Waals surface area (Å²) >= 11 is 0. The molecule has 0 aromatic heterocycles. The van der Waals surface area contributed by atoms with Crippen molar-refractivity contribution in [1.82, 2.24) is 0 Å². The molecule has 86 valence electrons. The van der Waals surface area contributed by atoms with Crippen LogP contribution in [-0.2, 0) is 0 Å². The standard InChI is InChI=1S/C15H15NO/c1-11-8-9-13(14(10-11)16-2)15(17)12-6-4-3-5-7-12/h3-10,16H,1-2H3. The van der Waals surface area contributed by atoms with Crippen LogP contribution in [0.1, 0.15) is 21.5 Å². The van der Waals surface area contributed by atoms with Crippen LogP contribution in [0.3, 0.4) is 0 Å². The summed E-state index contributed by atoms with van der Waals surface area (Å²) in [6.07, 6.45) is 0. The van der Waals surface area contributed by atoms with Gasteiger partial charge < -0.3 is 5.32 Å². The molecule has 2 aromatic carbocycles. The zero-order chi connectivity index (χ0) is 12.3. The highest BCUT2D eigenvalue weighted by Gasteiger charge is 2.12. The minimum absolute atomic E-state index is 0.0509. The molecule has 0 heterocycles. The van der Waals surface area contributed by atoms with Crippen LogP contribution in [0.5, 0.6) is 0 Å². The first-order chi connectivity index (χ1) is 8.22. The number of anilines is 1. The van der Waals surface area contributed by atoms with Crippen molar-refractivity contribution in [3.63, 3.8) is 0 Å². The fraction of sp³-hybridized carbons (Fsp3) is 0.133. The van der Waals surface area contributed by atoms with E-state index in [1.807, 2.05) is 62.5 Å². The Labute approximate surface area is 101 Å². The lowest BCUT2D eigenvalue weighted by molar-refractivity contribution is 0.103. The lowest BCUT2D eigenvalue weighted by atomic mass is 10.0. The molecule has 0 saturated heterocycles. The molecule has 0 bridgehead atoms. The molecule has 0 saturated carbocycles. The van der Waals surface area contributed by atoms with E-state index in [-0.39, 0.29) is 5.78 Å². The number of hydrogen-bond donors (Lipinski definition) is 1. The zero-order valence-electron chi connectivity index (χ0n) is 10.0. The number of ketones is 1. The zero-order valence-corrected chi connectivity index (χ0v) is 10.0. The quantitative estimate of drug-likeness (QED) is 0.812. The Morgan fingerprint density at radius 3 is 2.41 bits per heavy atom. The van der Waals surface area contributed by atoms with Gasteiger partial charge in [-0.2, -0.15) is 0 Å². The van der Waals surface area contributed by atoms with Crippen molar-refractivity contribution in [2.45, 2.75) is 6.92 Å². The molecule has 0 amide bonds. The highest BCUT2D eigenvalue weighted by molar-refractivity contribution is 6.12. The van der Waals surface area contributed by atoms with E-state index in [1.165, 1.54) is 0 Å². The minimum atomic E-state index is 0.0509. The number of carbonyl (C=O) groups is 1. The topological polar surface area (TPSA) is 29.1 Å². The summed E-state index contributed by atoms with van der Waals surface area (Å²) in [4.78, 5) is 12.3. The van der Waals surface area contributed by atoms with Gasteiger partial charge in [0.2, 0.25) is 0 Å². The van der Waals surface area contributed by atoms with Crippen molar-refractivity contribution in [1.29, 1.82) is 0 Å². The molecule has 0 spiro atoms. The van der Waals surface area contributed by atoms with Gasteiger partial charge in [-0.3, -0.25) is 4.79 Å². The normalized spacial score (nSPS) is 10.0. The average Bonchev–Trinajstić information content (AvgIpc) is 2.39. The molecule has 17 heavy (non-hydrogen) atoms. The van der Waals surface area contributed by atoms with Crippen molar-refractivity contribution in [2.75, 3.05) is 12.4 Å². The first-order valence-corrected chi connectivity index (χ1v) is 5.60. The Morgan fingerprint density at radius 1 is 1.06 bits per heavy atom. The number of rotatable bonds is 3. The lowest BCUT2D eigenvalue weighted by Gasteiger charge is -2.09. The van der Waals surface area contributed by atoms with Gasteiger partial charge in [0.1, 0.15) is 0 Å². The Kier molecular flexibility index (Phi) is 3.24. The number of benzene rings is 2. The van der Waals surface area contributed by atoms with Crippen LogP contribution in [0.15, 0.2) is 48.5 Å². The van der Waals surface area contributed by atoms with Gasteiger partial charge in [-0.15, -0.1) is 0 Å². The summed E-state index contributed by atoms with van der Waals surface area (Å²) in [6.45, 7) is 2.01. The summed E-state index contributed by atoms with van der Waals surface area (Å²) in [5.41, 5.74) is 3.44. The maximum atomic E-state index is 12.3. The third-order valence-electron chi connectivity index (χ3n) is 2.73. The molecule has 0 aliphatic carbocycles.